The molecule has 0 radical (unpaired) electrons. The summed E-state index contributed by atoms with van der Waals surface area (Å²) < 4.78 is 41.0. The fourth-order valence-corrected chi connectivity index (χ4v) is 4.93. The molecule has 0 aliphatic rings. The van der Waals surface area contributed by atoms with Crippen molar-refractivity contribution in [2.45, 2.75) is 24.9 Å². The molecular formula is C26H27ClFN3O4S. The molecule has 0 saturated carbocycles. The largest absolute Gasteiger partial charge is 0.350 e. The normalized spacial score (nSPS) is 11.3. The third kappa shape index (κ3) is 7.61. The van der Waals surface area contributed by atoms with Crippen LogP contribution in [-0.4, -0.2) is 49.1 Å². The van der Waals surface area contributed by atoms with E-state index in [2.05, 4.69) is 5.32 Å². The SMILES string of the molecule is CCN(CC(=O)NCc1ccc(F)cc1)C(=O)CN(Cc1ccccc1)S(=O)(=O)c1ccc(Cl)cc1. The molecule has 0 fully saturated rings. The molecule has 0 spiro atoms. The molecule has 0 unspecified atom stereocenters. The van der Waals surface area contributed by atoms with E-state index in [9.17, 15) is 22.4 Å². The Kier molecular flexibility index (Phi) is 9.58. The smallest absolute Gasteiger partial charge is 0.243 e. The Morgan fingerprint density at radius 1 is 0.889 bits per heavy atom. The van der Waals surface area contributed by atoms with Crippen molar-refractivity contribution in [3.8, 4) is 0 Å². The molecule has 0 aliphatic carbocycles. The Morgan fingerprint density at radius 3 is 2.14 bits per heavy atom. The molecule has 3 rings (SSSR count). The Hall–Kier alpha value is -3.27. The first-order chi connectivity index (χ1) is 17.2. The van der Waals surface area contributed by atoms with Crippen molar-refractivity contribution in [3.05, 3.63) is 101 Å². The van der Waals surface area contributed by atoms with Gasteiger partial charge in [0, 0.05) is 24.7 Å². The van der Waals surface area contributed by atoms with Gasteiger partial charge in [-0.05, 0) is 54.4 Å². The summed E-state index contributed by atoms with van der Waals surface area (Å²) in [4.78, 5) is 26.9. The molecule has 0 atom stereocenters. The number of hydrogen-bond acceptors (Lipinski definition) is 4. The van der Waals surface area contributed by atoms with Gasteiger partial charge in [0.1, 0.15) is 5.82 Å². The van der Waals surface area contributed by atoms with Crippen molar-refractivity contribution >= 4 is 33.4 Å². The molecule has 3 aromatic carbocycles. The third-order valence-electron chi connectivity index (χ3n) is 5.44. The summed E-state index contributed by atoms with van der Waals surface area (Å²) in [6.07, 6.45) is 0. The van der Waals surface area contributed by atoms with E-state index in [1.54, 1.807) is 43.3 Å². The minimum Gasteiger partial charge on any atom is -0.350 e. The van der Waals surface area contributed by atoms with Gasteiger partial charge in [-0.1, -0.05) is 54.1 Å². The van der Waals surface area contributed by atoms with E-state index in [1.165, 1.54) is 41.3 Å². The van der Waals surface area contributed by atoms with Crippen LogP contribution in [-0.2, 0) is 32.7 Å². The lowest BCUT2D eigenvalue weighted by molar-refractivity contribution is -0.136. The molecule has 0 aliphatic heterocycles. The lowest BCUT2D eigenvalue weighted by atomic mass is 10.2. The highest BCUT2D eigenvalue weighted by Crippen LogP contribution is 2.21. The van der Waals surface area contributed by atoms with E-state index in [0.29, 0.717) is 16.1 Å². The van der Waals surface area contributed by atoms with E-state index < -0.39 is 28.4 Å². The summed E-state index contributed by atoms with van der Waals surface area (Å²) in [5.41, 5.74) is 1.42. The van der Waals surface area contributed by atoms with E-state index >= 15 is 0 Å². The molecule has 3 aromatic rings. The highest BCUT2D eigenvalue weighted by atomic mass is 35.5. The van der Waals surface area contributed by atoms with Gasteiger partial charge in [-0.15, -0.1) is 0 Å². The number of sulfonamides is 1. The van der Waals surface area contributed by atoms with Gasteiger partial charge in [-0.3, -0.25) is 9.59 Å². The standard InChI is InChI=1S/C26H27ClFN3O4S/c1-2-30(18-25(32)29-16-20-8-12-23(28)13-9-20)26(33)19-31(17-21-6-4-3-5-7-21)36(34,35)24-14-10-22(27)11-15-24/h3-15H,2,16-19H2,1H3,(H,29,32). The molecular weight excluding hydrogens is 505 g/mol. The van der Waals surface area contributed by atoms with Gasteiger partial charge in [0.2, 0.25) is 21.8 Å². The van der Waals surface area contributed by atoms with E-state index in [-0.39, 0.29) is 36.9 Å². The second kappa shape index (κ2) is 12.6. The topological polar surface area (TPSA) is 86.8 Å². The van der Waals surface area contributed by atoms with Crippen LogP contribution < -0.4 is 5.32 Å². The number of nitrogens with zero attached hydrogens (tertiary/aromatic N) is 2. The Labute approximate surface area is 215 Å². The summed E-state index contributed by atoms with van der Waals surface area (Å²) in [6, 6.07) is 20.4. The maximum Gasteiger partial charge on any atom is 0.243 e. The van der Waals surface area contributed by atoms with Crippen molar-refractivity contribution < 1.29 is 22.4 Å². The zero-order valence-electron chi connectivity index (χ0n) is 19.7. The first-order valence-electron chi connectivity index (χ1n) is 11.3. The van der Waals surface area contributed by atoms with Gasteiger partial charge < -0.3 is 10.2 Å². The van der Waals surface area contributed by atoms with Gasteiger partial charge >= 0.3 is 0 Å². The monoisotopic (exact) mass is 531 g/mol. The number of amides is 2. The minimum absolute atomic E-state index is 0.00993. The third-order valence-corrected chi connectivity index (χ3v) is 7.49. The van der Waals surface area contributed by atoms with E-state index in [1.807, 2.05) is 6.07 Å². The van der Waals surface area contributed by atoms with Gasteiger partial charge in [0.15, 0.2) is 0 Å². The molecule has 36 heavy (non-hydrogen) atoms. The molecule has 0 bridgehead atoms. The van der Waals surface area contributed by atoms with Crippen LogP contribution in [0.1, 0.15) is 18.1 Å². The number of nitrogens with one attached hydrogen (secondary N) is 1. The molecule has 2 amide bonds. The second-order valence-electron chi connectivity index (χ2n) is 8.02. The molecule has 0 saturated heterocycles. The highest BCUT2D eigenvalue weighted by Gasteiger charge is 2.29. The number of benzene rings is 3. The average molecular weight is 532 g/mol. The number of halogens is 2. The van der Waals surface area contributed by atoms with Crippen LogP contribution in [0, 0.1) is 5.82 Å². The minimum atomic E-state index is -4.04. The maximum atomic E-state index is 13.4. The predicted molar refractivity (Wildman–Crippen MR) is 136 cm³/mol. The van der Waals surface area contributed by atoms with E-state index in [0.717, 1.165) is 4.31 Å². The lowest BCUT2D eigenvalue weighted by Crippen LogP contribution is -2.46. The van der Waals surface area contributed by atoms with Gasteiger partial charge in [0.25, 0.3) is 0 Å². The van der Waals surface area contributed by atoms with E-state index in [4.69, 9.17) is 11.6 Å². The van der Waals surface area contributed by atoms with Crippen molar-refractivity contribution in [3.63, 3.8) is 0 Å². The number of likely N-dealkylation sites (N-methyl/N-ethyl adjacent to an activating group) is 1. The quantitative estimate of drug-likeness (QED) is 0.407. The zero-order valence-corrected chi connectivity index (χ0v) is 21.3. The molecule has 7 nitrogen and oxygen atoms in total. The van der Waals surface area contributed by atoms with Crippen LogP contribution in [0.25, 0.3) is 0 Å². The highest BCUT2D eigenvalue weighted by molar-refractivity contribution is 7.89. The van der Waals surface area contributed by atoms with Crippen LogP contribution in [0.3, 0.4) is 0 Å². The molecule has 0 heterocycles. The second-order valence-corrected chi connectivity index (χ2v) is 10.4. The number of carbonyl (C=O) groups excluding carboxylic acids is 2. The summed E-state index contributed by atoms with van der Waals surface area (Å²) in [6.45, 7) is 1.39. The van der Waals surface area contributed by atoms with Crippen molar-refractivity contribution in [2.24, 2.45) is 0 Å². The molecule has 0 aromatic heterocycles. The number of hydrogen-bond donors (Lipinski definition) is 1. The van der Waals surface area contributed by atoms with Crippen LogP contribution in [0.5, 0.6) is 0 Å². The Balaban J connectivity index is 1.72. The zero-order chi connectivity index (χ0) is 26.1. The number of rotatable bonds is 11. The van der Waals surface area contributed by atoms with Crippen molar-refractivity contribution in [1.82, 2.24) is 14.5 Å². The first kappa shape index (κ1) is 27.3. The van der Waals surface area contributed by atoms with Gasteiger partial charge in [0.05, 0.1) is 18.0 Å². The Bertz CT molecular complexity index is 1270. The van der Waals surface area contributed by atoms with Crippen molar-refractivity contribution in [1.29, 1.82) is 0 Å². The first-order valence-corrected chi connectivity index (χ1v) is 13.1. The summed E-state index contributed by atoms with van der Waals surface area (Å²) in [5, 5.41) is 3.09. The maximum absolute atomic E-state index is 13.4. The van der Waals surface area contributed by atoms with Crippen LogP contribution >= 0.6 is 11.6 Å². The van der Waals surface area contributed by atoms with Crippen molar-refractivity contribution in [2.75, 3.05) is 19.6 Å². The lowest BCUT2D eigenvalue weighted by Gasteiger charge is -2.26. The molecule has 10 heteroatoms. The fourth-order valence-electron chi connectivity index (χ4n) is 3.43. The summed E-state index contributed by atoms with van der Waals surface area (Å²) in [5.74, 6) is -1.30. The predicted octanol–water partition coefficient (Wildman–Crippen LogP) is 3.83. The van der Waals surface area contributed by atoms with Crippen LogP contribution in [0.15, 0.2) is 83.8 Å². The molecule has 1 N–H and O–H groups in total. The summed E-state index contributed by atoms with van der Waals surface area (Å²) in [7, 11) is -4.04. The summed E-state index contributed by atoms with van der Waals surface area (Å²) >= 11 is 5.91. The van der Waals surface area contributed by atoms with Gasteiger partial charge in [-0.25, -0.2) is 12.8 Å². The van der Waals surface area contributed by atoms with Crippen LogP contribution in [0.4, 0.5) is 4.39 Å². The van der Waals surface area contributed by atoms with Gasteiger partial charge in [-0.2, -0.15) is 4.31 Å². The number of carbonyl (C=O) groups is 2. The average Bonchev–Trinajstić information content (AvgIpc) is 2.87. The fraction of sp³-hybridized carbons (Fsp3) is 0.231. The molecule has 190 valence electrons. The Morgan fingerprint density at radius 2 is 1.53 bits per heavy atom. The van der Waals surface area contributed by atoms with Crippen LogP contribution in [0.2, 0.25) is 5.02 Å².